The molecule has 2 nitrogen and oxygen atoms in total. The Balaban J connectivity index is 2.26. The predicted octanol–water partition coefficient (Wildman–Crippen LogP) is 2.28. The molecule has 1 aromatic rings. The van der Waals surface area contributed by atoms with E-state index in [9.17, 15) is 13.2 Å². The zero-order chi connectivity index (χ0) is 12.6. The van der Waals surface area contributed by atoms with Crippen molar-refractivity contribution in [3.8, 4) is 0 Å². The molecular weight excluding hydrogens is 229 g/mol. The fourth-order valence-corrected chi connectivity index (χ4v) is 2.14. The van der Waals surface area contributed by atoms with E-state index >= 15 is 0 Å². The summed E-state index contributed by atoms with van der Waals surface area (Å²) < 4.78 is 39.5. The van der Waals surface area contributed by atoms with Crippen molar-refractivity contribution >= 4 is 5.69 Å². The molecule has 1 heterocycles. The number of rotatable bonds is 1. The van der Waals surface area contributed by atoms with Gasteiger partial charge in [0.1, 0.15) is 5.82 Å². The van der Waals surface area contributed by atoms with Gasteiger partial charge in [-0.1, -0.05) is 6.92 Å². The Morgan fingerprint density at radius 1 is 1.18 bits per heavy atom. The Hall–Kier alpha value is -1.23. The van der Waals surface area contributed by atoms with Crippen LogP contribution in [-0.4, -0.2) is 19.1 Å². The number of hydrogen-bond acceptors (Lipinski definition) is 2. The van der Waals surface area contributed by atoms with Gasteiger partial charge in [-0.05, 0) is 12.3 Å². The Kier molecular flexibility index (Phi) is 3.28. The topological polar surface area (TPSA) is 29.3 Å². The molecule has 1 saturated heterocycles. The fraction of sp³-hybridized carbons (Fsp3) is 0.500. The number of benzene rings is 1. The van der Waals surface area contributed by atoms with Crippen LogP contribution in [0.3, 0.4) is 0 Å². The van der Waals surface area contributed by atoms with E-state index in [4.69, 9.17) is 5.73 Å². The van der Waals surface area contributed by atoms with Gasteiger partial charge in [-0.2, -0.15) is 0 Å². The SMILES string of the molecule is CC1CN(c2cc(F)c(F)cc2F)CCC1N. The van der Waals surface area contributed by atoms with E-state index in [1.54, 1.807) is 4.90 Å². The third kappa shape index (κ3) is 2.39. The van der Waals surface area contributed by atoms with E-state index in [0.29, 0.717) is 19.2 Å². The van der Waals surface area contributed by atoms with Crippen LogP contribution in [0.2, 0.25) is 0 Å². The van der Waals surface area contributed by atoms with Gasteiger partial charge >= 0.3 is 0 Å². The number of nitrogens with two attached hydrogens (primary N) is 1. The standard InChI is InChI=1S/C12H15F3N2/c1-7-6-17(3-2-11(7)16)12-5-9(14)8(13)4-10(12)15/h4-5,7,11H,2-3,6,16H2,1H3. The highest BCUT2D eigenvalue weighted by Gasteiger charge is 2.25. The van der Waals surface area contributed by atoms with Crippen LogP contribution in [0.4, 0.5) is 18.9 Å². The van der Waals surface area contributed by atoms with E-state index in [2.05, 4.69) is 0 Å². The quantitative estimate of drug-likeness (QED) is 0.768. The van der Waals surface area contributed by atoms with Crippen LogP contribution in [0, 0.1) is 23.4 Å². The summed E-state index contributed by atoms with van der Waals surface area (Å²) in [5.74, 6) is -2.71. The first-order valence-corrected chi connectivity index (χ1v) is 5.64. The molecule has 0 bridgehead atoms. The minimum atomic E-state index is -1.16. The maximum atomic E-state index is 13.6. The van der Waals surface area contributed by atoms with Crippen LogP contribution in [0.15, 0.2) is 12.1 Å². The molecule has 17 heavy (non-hydrogen) atoms. The first-order chi connectivity index (χ1) is 7.99. The molecule has 1 aliphatic rings. The van der Waals surface area contributed by atoms with Crippen molar-refractivity contribution in [3.63, 3.8) is 0 Å². The highest BCUT2D eigenvalue weighted by molar-refractivity contribution is 5.48. The molecule has 94 valence electrons. The molecule has 2 atom stereocenters. The fourth-order valence-electron chi connectivity index (χ4n) is 2.14. The van der Waals surface area contributed by atoms with Gasteiger partial charge in [0, 0.05) is 31.3 Å². The van der Waals surface area contributed by atoms with E-state index in [0.717, 1.165) is 12.5 Å². The Morgan fingerprint density at radius 2 is 1.82 bits per heavy atom. The lowest BCUT2D eigenvalue weighted by Gasteiger charge is -2.36. The van der Waals surface area contributed by atoms with Crippen LogP contribution in [0.1, 0.15) is 13.3 Å². The maximum absolute atomic E-state index is 13.6. The zero-order valence-corrected chi connectivity index (χ0v) is 9.59. The molecule has 0 aliphatic carbocycles. The third-order valence-electron chi connectivity index (χ3n) is 3.30. The largest absolute Gasteiger partial charge is 0.369 e. The van der Waals surface area contributed by atoms with Gasteiger partial charge < -0.3 is 10.6 Å². The van der Waals surface area contributed by atoms with E-state index in [-0.39, 0.29) is 17.6 Å². The summed E-state index contributed by atoms with van der Waals surface area (Å²) in [7, 11) is 0. The highest BCUT2D eigenvalue weighted by atomic mass is 19.2. The molecule has 1 aliphatic heterocycles. The predicted molar refractivity (Wildman–Crippen MR) is 60.3 cm³/mol. The first kappa shape index (κ1) is 12.2. The van der Waals surface area contributed by atoms with Gasteiger partial charge in [-0.15, -0.1) is 0 Å². The molecule has 0 spiro atoms. The summed E-state index contributed by atoms with van der Waals surface area (Å²) in [5, 5.41) is 0. The van der Waals surface area contributed by atoms with Crippen LogP contribution in [0.25, 0.3) is 0 Å². The molecule has 1 aromatic carbocycles. The highest BCUT2D eigenvalue weighted by Crippen LogP contribution is 2.26. The molecule has 2 N–H and O–H groups in total. The lowest BCUT2D eigenvalue weighted by molar-refractivity contribution is 0.379. The number of piperidine rings is 1. The van der Waals surface area contributed by atoms with Gasteiger partial charge in [0.25, 0.3) is 0 Å². The summed E-state index contributed by atoms with van der Waals surface area (Å²) in [6, 6.07) is 1.58. The van der Waals surface area contributed by atoms with Crippen LogP contribution in [-0.2, 0) is 0 Å². The summed E-state index contributed by atoms with van der Waals surface area (Å²) >= 11 is 0. The molecule has 0 aromatic heterocycles. The second kappa shape index (κ2) is 4.56. The minimum Gasteiger partial charge on any atom is -0.369 e. The maximum Gasteiger partial charge on any atom is 0.161 e. The number of halogens is 3. The lowest BCUT2D eigenvalue weighted by atomic mass is 9.94. The molecular formula is C12H15F3N2. The number of anilines is 1. The third-order valence-corrected chi connectivity index (χ3v) is 3.30. The summed E-state index contributed by atoms with van der Waals surface area (Å²) in [4.78, 5) is 1.71. The van der Waals surface area contributed by atoms with Crippen molar-refractivity contribution in [2.75, 3.05) is 18.0 Å². The second-order valence-electron chi connectivity index (χ2n) is 4.59. The minimum absolute atomic E-state index is 0.0830. The normalized spacial score (nSPS) is 25.1. The Morgan fingerprint density at radius 3 is 2.47 bits per heavy atom. The molecule has 2 unspecified atom stereocenters. The Bertz CT molecular complexity index is 422. The molecule has 0 amide bonds. The number of hydrogen-bond donors (Lipinski definition) is 1. The summed E-state index contributed by atoms with van der Waals surface area (Å²) in [5.41, 5.74) is 5.97. The van der Waals surface area contributed by atoms with Crippen molar-refractivity contribution in [2.24, 2.45) is 11.7 Å². The van der Waals surface area contributed by atoms with Crippen molar-refractivity contribution in [3.05, 3.63) is 29.6 Å². The van der Waals surface area contributed by atoms with Gasteiger partial charge in [0.05, 0.1) is 5.69 Å². The average molecular weight is 244 g/mol. The Labute approximate surface area is 98.2 Å². The van der Waals surface area contributed by atoms with Crippen LogP contribution >= 0.6 is 0 Å². The van der Waals surface area contributed by atoms with Crippen molar-refractivity contribution in [1.82, 2.24) is 0 Å². The van der Waals surface area contributed by atoms with Gasteiger partial charge in [0.15, 0.2) is 11.6 Å². The molecule has 0 radical (unpaired) electrons. The number of nitrogens with zero attached hydrogens (tertiary/aromatic N) is 1. The smallest absolute Gasteiger partial charge is 0.161 e. The van der Waals surface area contributed by atoms with Crippen LogP contribution < -0.4 is 10.6 Å². The molecule has 2 rings (SSSR count). The average Bonchev–Trinajstić information content (AvgIpc) is 2.27. The van der Waals surface area contributed by atoms with Crippen LogP contribution in [0.5, 0.6) is 0 Å². The zero-order valence-electron chi connectivity index (χ0n) is 9.59. The summed E-state index contributed by atoms with van der Waals surface area (Å²) in [6.45, 7) is 3.09. The van der Waals surface area contributed by atoms with Crippen molar-refractivity contribution in [1.29, 1.82) is 0 Å². The molecule has 1 fully saturated rings. The van der Waals surface area contributed by atoms with E-state index in [1.165, 1.54) is 0 Å². The first-order valence-electron chi connectivity index (χ1n) is 5.64. The lowest BCUT2D eigenvalue weighted by Crippen LogP contribution is -2.46. The van der Waals surface area contributed by atoms with E-state index < -0.39 is 17.5 Å². The van der Waals surface area contributed by atoms with Crippen molar-refractivity contribution < 1.29 is 13.2 Å². The monoisotopic (exact) mass is 244 g/mol. The van der Waals surface area contributed by atoms with Gasteiger partial charge in [-0.3, -0.25) is 0 Å². The van der Waals surface area contributed by atoms with Gasteiger partial charge in [-0.25, -0.2) is 13.2 Å². The second-order valence-corrected chi connectivity index (χ2v) is 4.59. The van der Waals surface area contributed by atoms with Crippen molar-refractivity contribution in [2.45, 2.75) is 19.4 Å². The molecule has 5 heteroatoms. The van der Waals surface area contributed by atoms with E-state index in [1.807, 2.05) is 6.92 Å². The molecule has 0 saturated carbocycles. The summed E-state index contributed by atoms with van der Waals surface area (Å²) in [6.07, 6.45) is 0.722. The van der Waals surface area contributed by atoms with Gasteiger partial charge in [0.2, 0.25) is 0 Å².